The van der Waals surface area contributed by atoms with Crippen LogP contribution in [0, 0.1) is 13.8 Å². The van der Waals surface area contributed by atoms with Gasteiger partial charge in [-0.25, -0.2) is 4.98 Å². The number of hydrazone groups is 1. The lowest BCUT2D eigenvalue weighted by atomic mass is 10.1. The van der Waals surface area contributed by atoms with Crippen molar-refractivity contribution in [1.82, 2.24) is 9.55 Å². The Bertz CT molecular complexity index is 1400. The van der Waals surface area contributed by atoms with E-state index in [0.29, 0.717) is 6.54 Å². The number of aryl methyl sites for hydroxylation is 1. The van der Waals surface area contributed by atoms with Gasteiger partial charge < -0.3 is 4.57 Å². The molecular weight excluding hydrogens is 424 g/mol. The van der Waals surface area contributed by atoms with Gasteiger partial charge in [-0.05, 0) is 49.7 Å². The molecule has 0 spiro atoms. The van der Waals surface area contributed by atoms with Crippen LogP contribution in [0.2, 0.25) is 5.02 Å². The third-order valence-corrected chi connectivity index (χ3v) is 6.77. The van der Waals surface area contributed by atoms with Gasteiger partial charge in [-0.3, -0.25) is 5.43 Å². The van der Waals surface area contributed by atoms with Gasteiger partial charge in [0.05, 0.1) is 16.4 Å². The Kier molecular flexibility index (Phi) is 5.22. The summed E-state index contributed by atoms with van der Waals surface area (Å²) in [6.45, 7) is 4.95. The number of anilines is 1. The predicted octanol–water partition coefficient (Wildman–Crippen LogP) is 7.02. The Hall–Kier alpha value is -3.15. The van der Waals surface area contributed by atoms with Crippen LogP contribution in [0.1, 0.15) is 22.4 Å². The van der Waals surface area contributed by atoms with Crippen molar-refractivity contribution >= 4 is 55.4 Å². The zero-order valence-electron chi connectivity index (χ0n) is 17.3. The van der Waals surface area contributed by atoms with Crippen LogP contribution in [0.15, 0.2) is 71.8 Å². The zero-order chi connectivity index (χ0) is 21.4. The van der Waals surface area contributed by atoms with E-state index in [1.807, 2.05) is 42.6 Å². The molecule has 0 saturated carbocycles. The molecule has 0 unspecified atom stereocenters. The summed E-state index contributed by atoms with van der Waals surface area (Å²) in [4.78, 5) is 4.59. The topological polar surface area (TPSA) is 42.2 Å². The molecule has 0 saturated heterocycles. The number of aromatic nitrogens is 2. The minimum absolute atomic E-state index is 0.713. The lowest BCUT2D eigenvalue weighted by Crippen LogP contribution is -2.03. The number of halogens is 1. The number of hydrogen-bond donors (Lipinski definition) is 1. The monoisotopic (exact) mass is 444 g/mol. The smallest absolute Gasteiger partial charge is 0.204 e. The molecule has 0 aliphatic rings. The number of para-hydroxylation sites is 1. The SMILES string of the molecule is Cc1ccc2c(c1)c(/C=N\Nc1nc3ccccc3s1)c(C)n2Cc1ccccc1Cl. The van der Waals surface area contributed by atoms with Crippen molar-refractivity contribution in [3.05, 3.63) is 94.1 Å². The van der Waals surface area contributed by atoms with E-state index in [1.54, 1.807) is 11.3 Å². The lowest BCUT2D eigenvalue weighted by Gasteiger charge is -2.10. The molecule has 0 bridgehead atoms. The molecule has 0 fully saturated rings. The highest BCUT2D eigenvalue weighted by molar-refractivity contribution is 7.22. The van der Waals surface area contributed by atoms with Crippen molar-refractivity contribution in [2.75, 3.05) is 5.43 Å². The largest absolute Gasteiger partial charge is 0.340 e. The number of thiazole rings is 1. The van der Waals surface area contributed by atoms with E-state index < -0.39 is 0 Å². The van der Waals surface area contributed by atoms with Crippen molar-refractivity contribution in [1.29, 1.82) is 0 Å². The standard InChI is InChI=1S/C25H21ClN4S/c1-16-11-12-23-19(13-16)20(17(2)30(23)15-18-7-3-4-8-21(18)26)14-27-29-25-28-22-9-5-6-10-24(22)31-25/h3-14H,15H2,1-2H3,(H,28,29)/b27-14-. The molecule has 0 amide bonds. The van der Waals surface area contributed by atoms with Crippen molar-refractivity contribution < 1.29 is 0 Å². The maximum atomic E-state index is 6.44. The summed E-state index contributed by atoms with van der Waals surface area (Å²) >= 11 is 8.03. The summed E-state index contributed by atoms with van der Waals surface area (Å²) in [5.74, 6) is 0. The average Bonchev–Trinajstić information content (AvgIpc) is 3.29. The van der Waals surface area contributed by atoms with E-state index >= 15 is 0 Å². The van der Waals surface area contributed by atoms with Crippen molar-refractivity contribution in [2.24, 2.45) is 5.10 Å². The molecule has 1 N–H and O–H groups in total. The highest BCUT2D eigenvalue weighted by atomic mass is 35.5. The van der Waals surface area contributed by atoms with Gasteiger partial charge in [-0.15, -0.1) is 0 Å². The number of rotatable bonds is 5. The normalized spacial score (nSPS) is 11.7. The third-order valence-electron chi connectivity index (χ3n) is 5.46. The fraction of sp³-hybridized carbons (Fsp3) is 0.120. The molecule has 6 heteroatoms. The van der Waals surface area contributed by atoms with Gasteiger partial charge in [0.15, 0.2) is 0 Å². The molecule has 2 heterocycles. The highest BCUT2D eigenvalue weighted by Gasteiger charge is 2.14. The second-order valence-electron chi connectivity index (χ2n) is 7.55. The van der Waals surface area contributed by atoms with Gasteiger partial charge in [0, 0.05) is 33.7 Å². The second-order valence-corrected chi connectivity index (χ2v) is 8.99. The van der Waals surface area contributed by atoms with Gasteiger partial charge in [0.25, 0.3) is 0 Å². The fourth-order valence-corrected chi connectivity index (χ4v) is 4.87. The molecule has 0 radical (unpaired) electrons. The van der Waals surface area contributed by atoms with Crippen LogP contribution in [0.3, 0.4) is 0 Å². The molecule has 5 rings (SSSR count). The first-order chi connectivity index (χ1) is 15.1. The Morgan fingerprint density at radius 1 is 1.06 bits per heavy atom. The van der Waals surface area contributed by atoms with Crippen LogP contribution >= 0.6 is 22.9 Å². The number of nitrogens with one attached hydrogen (secondary N) is 1. The van der Waals surface area contributed by atoms with Gasteiger partial charge in [-0.2, -0.15) is 5.10 Å². The molecule has 0 atom stereocenters. The molecular formula is C25H21ClN4S. The highest BCUT2D eigenvalue weighted by Crippen LogP contribution is 2.29. The predicted molar refractivity (Wildman–Crippen MR) is 133 cm³/mol. The third kappa shape index (κ3) is 3.82. The van der Waals surface area contributed by atoms with E-state index in [2.05, 4.69) is 64.3 Å². The van der Waals surface area contributed by atoms with Crippen molar-refractivity contribution in [3.63, 3.8) is 0 Å². The minimum Gasteiger partial charge on any atom is -0.340 e. The molecule has 154 valence electrons. The first-order valence-corrected chi connectivity index (χ1v) is 11.3. The summed E-state index contributed by atoms with van der Waals surface area (Å²) in [5.41, 5.74) is 9.82. The van der Waals surface area contributed by atoms with E-state index in [-0.39, 0.29) is 0 Å². The van der Waals surface area contributed by atoms with E-state index in [0.717, 1.165) is 37.2 Å². The lowest BCUT2D eigenvalue weighted by molar-refractivity contribution is 0.804. The number of nitrogens with zero attached hydrogens (tertiary/aromatic N) is 3. The van der Waals surface area contributed by atoms with Crippen LogP contribution in [0.25, 0.3) is 21.1 Å². The average molecular weight is 445 g/mol. The van der Waals surface area contributed by atoms with Gasteiger partial charge in [0.1, 0.15) is 0 Å². The van der Waals surface area contributed by atoms with E-state index in [9.17, 15) is 0 Å². The van der Waals surface area contributed by atoms with Gasteiger partial charge in [0.2, 0.25) is 5.13 Å². The Balaban J connectivity index is 1.51. The number of hydrogen-bond acceptors (Lipinski definition) is 4. The first kappa shape index (κ1) is 19.8. The van der Waals surface area contributed by atoms with Crippen LogP contribution in [-0.4, -0.2) is 15.8 Å². The van der Waals surface area contributed by atoms with E-state index in [1.165, 1.54) is 16.5 Å². The van der Waals surface area contributed by atoms with Gasteiger partial charge in [-0.1, -0.05) is 64.9 Å². The minimum atomic E-state index is 0.713. The van der Waals surface area contributed by atoms with Crippen molar-refractivity contribution in [2.45, 2.75) is 20.4 Å². The van der Waals surface area contributed by atoms with Crippen LogP contribution < -0.4 is 5.43 Å². The molecule has 2 aromatic heterocycles. The Labute approximate surface area is 189 Å². The quantitative estimate of drug-likeness (QED) is 0.234. The molecule has 0 aliphatic heterocycles. The molecule has 4 nitrogen and oxygen atoms in total. The summed E-state index contributed by atoms with van der Waals surface area (Å²) in [6, 6.07) is 22.6. The number of fused-ring (bicyclic) bond motifs is 2. The molecule has 3 aromatic carbocycles. The number of benzene rings is 3. The van der Waals surface area contributed by atoms with Crippen LogP contribution in [0.4, 0.5) is 5.13 Å². The maximum absolute atomic E-state index is 6.44. The summed E-state index contributed by atoms with van der Waals surface area (Å²) in [7, 11) is 0. The first-order valence-electron chi connectivity index (χ1n) is 10.1. The molecule has 0 aliphatic carbocycles. The fourth-order valence-electron chi connectivity index (χ4n) is 3.86. The van der Waals surface area contributed by atoms with Gasteiger partial charge >= 0.3 is 0 Å². The van der Waals surface area contributed by atoms with Crippen molar-refractivity contribution in [3.8, 4) is 0 Å². The summed E-state index contributed by atoms with van der Waals surface area (Å²) in [5, 5.41) is 7.26. The zero-order valence-corrected chi connectivity index (χ0v) is 18.8. The van der Waals surface area contributed by atoms with E-state index in [4.69, 9.17) is 11.6 Å². The molecule has 5 aromatic rings. The Morgan fingerprint density at radius 2 is 1.87 bits per heavy atom. The second kappa shape index (κ2) is 8.17. The maximum Gasteiger partial charge on any atom is 0.204 e. The Morgan fingerprint density at radius 3 is 2.71 bits per heavy atom. The summed E-state index contributed by atoms with van der Waals surface area (Å²) in [6.07, 6.45) is 1.90. The van der Waals surface area contributed by atoms with Crippen LogP contribution in [0.5, 0.6) is 0 Å². The summed E-state index contributed by atoms with van der Waals surface area (Å²) < 4.78 is 3.44. The molecule has 31 heavy (non-hydrogen) atoms. The van der Waals surface area contributed by atoms with Crippen LogP contribution in [-0.2, 0) is 6.54 Å².